The van der Waals surface area contributed by atoms with Crippen molar-refractivity contribution in [2.24, 2.45) is 5.92 Å². The second-order valence-corrected chi connectivity index (χ2v) is 10.2. The van der Waals surface area contributed by atoms with Gasteiger partial charge in [-0.05, 0) is 55.0 Å². The number of amides is 4. The quantitative estimate of drug-likeness (QED) is 0.518. The van der Waals surface area contributed by atoms with Crippen molar-refractivity contribution in [2.45, 2.75) is 58.0 Å². The first-order valence-electron chi connectivity index (χ1n) is 12.9. The standard InChI is InChI=1S/C29H30N4O4/c1-18(2)23-7-4-8-24(30-23)29(37)32-15-13-19(14-16-32)9-10-20-5-3-6-21-22(20)17-33(28(21)36)25-11-12-26(34)31-27(25)35/h3-8,18-19,25H,11-17H2,1-2H3,(H,31,34,35). The van der Waals surface area contributed by atoms with Crippen molar-refractivity contribution >= 4 is 23.6 Å². The van der Waals surface area contributed by atoms with E-state index >= 15 is 0 Å². The molecule has 2 fully saturated rings. The van der Waals surface area contributed by atoms with Gasteiger partial charge in [0.1, 0.15) is 11.7 Å². The number of hydrogen-bond acceptors (Lipinski definition) is 5. The fourth-order valence-electron chi connectivity index (χ4n) is 5.16. The summed E-state index contributed by atoms with van der Waals surface area (Å²) >= 11 is 0. The Kier molecular flexibility index (Phi) is 6.79. The van der Waals surface area contributed by atoms with E-state index in [9.17, 15) is 19.2 Å². The highest BCUT2D eigenvalue weighted by Gasteiger charge is 2.39. The number of carbonyl (C=O) groups excluding carboxylic acids is 4. The second kappa shape index (κ2) is 10.2. The van der Waals surface area contributed by atoms with Crippen molar-refractivity contribution in [1.82, 2.24) is 20.1 Å². The molecule has 0 radical (unpaired) electrons. The first-order chi connectivity index (χ1) is 17.8. The molecule has 0 bridgehead atoms. The van der Waals surface area contributed by atoms with Gasteiger partial charge in [-0.15, -0.1) is 0 Å². The molecule has 0 aliphatic carbocycles. The number of nitrogens with one attached hydrogen (secondary N) is 1. The lowest BCUT2D eigenvalue weighted by Gasteiger charge is -2.29. The van der Waals surface area contributed by atoms with Gasteiger partial charge in [0.15, 0.2) is 0 Å². The Balaban J connectivity index is 1.24. The largest absolute Gasteiger partial charge is 0.337 e. The highest BCUT2D eigenvalue weighted by Crippen LogP contribution is 2.30. The van der Waals surface area contributed by atoms with Crippen LogP contribution < -0.4 is 5.32 Å². The molecule has 5 rings (SSSR count). The van der Waals surface area contributed by atoms with E-state index in [1.165, 1.54) is 0 Å². The van der Waals surface area contributed by atoms with Gasteiger partial charge >= 0.3 is 0 Å². The average molecular weight is 499 g/mol. The molecule has 1 atom stereocenters. The lowest BCUT2D eigenvalue weighted by Crippen LogP contribution is -2.52. The Morgan fingerprint density at radius 3 is 2.54 bits per heavy atom. The maximum atomic E-state index is 13.0. The third-order valence-corrected chi connectivity index (χ3v) is 7.36. The SMILES string of the molecule is CC(C)c1cccc(C(=O)N2CCC(C#Cc3cccc4c3CN(C3CCC(=O)NC3=O)C4=O)CC2)n1. The average Bonchev–Trinajstić information content (AvgIpc) is 3.24. The van der Waals surface area contributed by atoms with Crippen LogP contribution in [-0.2, 0) is 16.1 Å². The Morgan fingerprint density at radius 2 is 1.81 bits per heavy atom. The zero-order valence-corrected chi connectivity index (χ0v) is 21.1. The summed E-state index contributed by atoms with van der Waals surface area (Å²) in [4.78, 5) is 57.8. The minimum Gasteiger partial charge on any atom is -0.337 e. The number of piperidine rings is 2. The maximum Gasteiger partial charge on any atom is 0.272 e. The van der Waals surface area contributed by atoms with Crippen LogP contribution in [0.1, 0.15) is 83.1 Å². The van der Waals surface area contributed by atoms with E-state index in [0.29, 0.717) is 37.3 Å². The first-order valence-corrected chi connectivity index (χ1v) is 12.9. The Hall–Kier alpha value is -3.99. The highest BCUT2D eigenvalue weighted by atomic mass is 16.2. The Morgan fingerprint density at radius 1 is 1.05 bits per heavy atom. The van der Waals surface area contributed by atoms with Gasteiger partial charge < -0.3 is 9.80 Å². The van der Waals surface area contributed by atoms with E-state index in [1.54, 1.807) is 17.0 Å². The van der Waals surface area contributed by atoms with Crippen LogP contribution in [-0.4, -0.2) is 57.5 Å². The summed E-state index contributed by atoms with van der Waals surface area (Å²) in [5, 5.41) is 2.33. The second-order valence-electron chi connectivity index (χ2n) is 10.2. The molecular formula is C29H30N4O4. The third-order valence-electron chi connectivity index (χ3n) is 7.36. The predicted octanol–water partition coefficient (Wildman–Crippen LogP) is 2.87. The van der Waals surface area contributed by atoms with Gasteiger partial charge in [0, 0.05) is 48.8 Å². The van der Waals surface area contributed by atoms with Crippen molar-refractivity contribution in [1.29, 1.82) is 0 Å². The molecule has 37 heavy (non-hydrogen) atoms. The molecule has 0 spiro atoms. The van der Waals surface area contributed by atoms with E-state index < -0.39 is 11.9 Å². The van der Waals surface area contributed by atoms with Crippen LogP contribution in [0.5, 0.6) is 0 Å². The number of fused-ring (bicyclic) bond motifs is 1. The molecule has 2 aromatic rings. The van der Waals surface area contributed by atoms with Crippen LogP contribution in [0.2, 0.25) is 0 Å². The molecule has 1 unspecified atom stereocenters. The summed E-state index contributed by atoms with van der Waals surface area (Å²) in [5.41, 5.74) is 3.58. The van der Waals surface area contributed by atoms with Crippen molar-refractivity contribution < 1.29 is 19.2 Å². The zero-order chi connectivity index (χ0) is 26.1. The fourth-order valence-corrected chi connectivity index (χ4v) is 5.16. The molecule has 4 heterocycles. The molecule has 190 valence electrons. The first kappa shape index (κ1) is 24.7. The van der Waals surface area contributed by atoms with Crippen LogP contribution in [0.3, 0.4) is 0 Å². The Bertz CT molecular complexity index is 1330. The summed E-state index contributed by atoms with van der Waals surface area (Å²) in [7, 11) is 0. The minimum atomic E-state index is -0.643. The molecular weight excluding hydrogens is 468 g/mol. The van der Waals surface area contributed by atoms with E-state index in [-0.39, 0.29) is 36.0 Å². The molecule has 1 N–H and O–H groups in total. The van der Waals surface area contributed by atoms with Crippen LogP contribution in [0.4, 0.5) is 0 Å². The zero-order valence-electron chi connectivity index (χ0n) is 21.1. The van der Waals surface area contributed by atoms with Gasteiger partial charge in [0.25, 0.3) is 11.8 Å². The molecule has 2 saturated heterocycles. The van der Waals surface area contributed by atoms with Crippen LogP contribution >= 0.6 is 0 Å². The summed E-state index contributed by atoms with van der Waals surface area (Å²) in [6.07, 6.45) is 2.11. The van der Waals surface area contributed by atoms with Crippen LogP contribution in [0.15, 0.2) is 36.4 Å². The number of aromatic nitrogens is 1. The maximum absolute atomic E-state index is 13.0. The molecule has 1 aromatic heterocycles. The number of nitrogens with zero attached hydrogens (tertiary/aromatic N) is 3. The molecule has 8 heteroatoms. The normalized spacial score (nSPS) is 20.0. The summed E-state index contributed by atoms with van der Waals surface area (Å²) < 4.78 is 0. The van der Waals surface area contributed by atoms with Crippen LogP contribution in [0, 0.1) is 17.8 Å². The summed E-state index contributed by atoms with van der Waals surface area (Å²) in [5.74, 6) is 6.09. The van der Waals surface area contributed by atoms with E-state index in [4.69, 9.17) is 0 Å². The summed E-state index contributed by atoms with van der Waals surface area (Å²) in [6.45, 7) is 5.68. The number of likely N-dealkylation sites (tertiary alicyclic amines) is 1. The molecule has 8 nitrogen and oxygen atoms in total. The molecule has 4 amide bonds. The van der Waals surface area contributed by atoms with Crippen molar-refractivity contribution in [2.75, 3.05) is 13.1 Å². The molecule has 3 aliphatic heterocycles. The van der Waals surface area contributed by atoms with Crippen LogP contribution in [0.25, 0.3) is 0 Å². The van der Waals surface area contributed by atoms with Crippen molar-refractivity contribution in [3.05, 3.63) is 64.5 Å². The number of pyridine rings is 1. The predicted molar refractivity (Wildman–Crippen MR) is 136 cm³/mol. The number of imide groups is 1. The van der Waals surface area contributed by atoms with E-state index in [2.05, 4.69) is 36.0 Å². The minimum absolute atomic E-state index is 0.0400. The fraction of sp³-hybridized carbons (Fsp3) is 0.414. The van der Waals surface area contributed by atoms with Gasteiger partial charge in [-0.1, -0.05) is 37.8 Å². The van der Waals surface area contributed by atoms with Crippen molar-refractivity contribution in [3.63, 3.8) is 0 Å². The van der Waals surface area contributed by atoms with Crippen molar-refractivity contribution in [3.8, 4) is 11.8 Å². The third kappa shape index (κ3) is 4.99. The van der Waals surface area contributed by atoms with E-state index in [1.807, 2.05) is 29.2 Å². The van der Waals surface area contributed by atoms with Gasteiger partial charge in [0.05, 0.1) is 0 Å². The molecule has 1 aromatic carbocycles. The Labute approximate surface area is 216 Å². The number of hydrogen-bond donors (Lipinski definition) is 1. The topological polar surface area (TPSA) is 99.7 Å². The lowest BCUT2D eigenvalue weighted by atomic mass is 9.96. The van der Waals surface area contributed by atoms with Gasteiger partial charge in [0.2, 0.25) is 11.8 Å². The smallest absolute Gasteiger partial charge is 0.272 e. The van der Waals surface area contributed by atoms with Gasteiger partial charge in [-0.25, -0.2) is 4.98 Å². The molecule has 3 aliphatic rings. The molecule has 0 saturated carbocycles. The number of rotatable bonds is 3. The highest BCUT2D eigenvalue weighted by molar-refractivity contribution is 6.05. The van der Waals surface area contributed by atoms with E-state index in [0.717, 1.165) is 29.7 Å². The van der Waals surface area contributed by atoms with Gasteiger partial charge in [-0.3, -0.25) is 24.5 Å². The summed E-state index contributed by atoms with van der Waals surface area (Å²) in [6, 6.07) is 10.4. The lowest BCUT2D eigenvalue weighted by molar-refractivity contribution is -0.136. The van der Waals surface area contributed by atoms with Gasteiger partial charge in [-0.2, -0.15) is 0 Å². The monoisotopic (exact) mass is 498 g/mol. The number of benzene rings is 1. The number of carbonyl (C=O) groups is 4.